The largest absolute Gasteiger partial charge is 0.312 e. The van der Waals surface area contributed by atoms with E-state index in [0.717, 1.165) is 13.1 Å². The molecule has 76 valence electrons. The van der Waals surface area contributed by atoms with Crippen molar-refractivity contribution in [3.8, 4) is 0 Å². The van der Waals surface area contributed by atoms with Gasteiger partial charge < -0.3 is 5.32 Å². The standard InChI is InChI=1S/C13H19N/c1-3-10(2)12-6-4-5-11-7-8-14-9-13(11)12/h4-6,10,14H,3,7-9H2,1-2H3. The molecule has 0 radical (unpaired) electrons. The summed E-state index contributed by atoms with van der Waals surface area (Å²) < 4.78 is 0. The summed E-state index contributed by atoms with van der Waals surface area (Å²) in [4.78, 5) is 0. The van der Waals surface area contributed by atoms with Crippen LogP contribution < -0.4 is 5.32 Å². The summed E-state index contributed by atoms with van der Waals surface area (Å²) in [5, 5.41) is 3.46. The molecule has 0 saturated carbocycles. The molecule has 0 saturated heterocycles. The van der Waals surface area contributed by atoms with Gasteiger partial charge in [-0.05, 0) is 42.0 Å². The Hall–Kier alpha value is -0.820. The molecule has 1 heterocycles. The van der Waals surface area contributed by atoms with Crippen LogP contribution in [0.15, 0.2) is 18.2 Å². The van der Waals surface area contributed by atoms with Crippen LogP contribution in [-0.2, 0) is 13.0 Å². The van der Waals surface area contributed by atoms with E-state index in [-0.39, 0.29) is 0 Å². The van der Waals surface area contributed by atoms with Gasteiger partial charge in [0.05, 0.1) is 0 Å². The molecule has 0 aliphatic carbocycles. The van der Waals surface area contributed by atoms with Crippen molar-refractivity contribution in [3.05, 3.63) is 34.9 Å². The lowest BCUT2D eigenvalue weighted by Crippen LogP contribution is -2.25. The van der Waals surface area contributed by atoms with E-state index < -0.39 is 0 Å². The molecule has 1 aliphatic rings. The van der Waals surface area contributed by atoms with E-state index in [1.807, 2.05) is 0 Å². The minimum absolute atomic E-state index is 0.699. The van der Waals surface area contributed by atoms with Crippen molar-refractivity contribution in [2.75, 3.05) is 6.54 Å². The van der Waals surface area contributed by atoms with Gasteiger partial charge >= 0.3 is 0 Å². The summed E-state index contributed by atoms with van der Waals surface area (Å²) >= 11 is 0. The van der Waals surface area contributed by atoms with Gasteiger partial charge in [0, 0.05) is 6.54 Å². The maximum absolute atomic E-state index is 3.46. The molecule has 1 atom stereocenters. The molecule has 1 nitrogen and oxygen atoms in total. The minimum atomic E-state index is 0.699. The van der Waals surface area contributed by atoms with Gasteiger partial charge in [0.25, 0.3) is 0 Å². The van der Waals surface area contributed by atoms with Crippen LogP contribution in [0.25, 0.3) is 0 Å². The molecule has 0 spiro atoms. The van der Waals surface area contributed by atoms with Gasteiger partial charge in [0.2, 0.25) is 0 Å². The van der Waals surface area contributed by atoms with Crippen molar-refractivity contribution in [2.45, 2.75) is 39.2 Å². The third kappa shape index (κ3) is 1.69. The van der Waals surface area contributed by atoms with Crippen molar-refractivity contribution in [3.63, 3.8) is 0 Å². The molecule has 0 fully saturated rings. The Kier molecular flexibility index (Phi) is 2.87. The molecule has 2 rings (SSSR count). The van der Waals surface area contributed by atoms with Crippen LogP contribution in [0.4, 0.5) is 0 Å². The zero-order valence-corrected chi connectivity index (χ0v) is 9.14. The van der Waals surface area contributed by atoms with Crippen molar-refractivity contribution in [2.24, 2.45) is 0 Å². The number of rotatable bonds is 2. The number of nitrogens with one attached hydrogen (secondary N) is 1. The van der Waals surface area contributed by atoms with Gasteiger partial charge in [-0.3, -0.25) is 0 Å². The molecule has 0 aromatic heterocycles. The smallest absolute Gasteiger partial charge is 0.0211 e. The Balaban J connectivity index is 2.39. The third-order valence-electron chi connectivity index (χ3n) is 3.33. The number of benzene rings is 1. The van der Waals surface area contributed by atoms with Crippen molar-refractivity contribution < 1.29 is 0 Å². The van der Waals surface area contributed by atoms with Gasteiger partial charge in [-0.15, -0.1) is 0 Å². The molecule has 1 heteroatoms. The molecule has 0 amide bonds. The Bertz CT molecular complexity index is 317. The molecule has 14 heavy (non-hydrogen) atoms. The van der Waals surface area contributed by atoms with Crippen LogP contribution >= 0.6 is 0 Å². The number of hydrogen-bond acceptors (Lipinski definition) is 1. The highest BCUT2D eigenvalue weighted by Gasteiger charge is 2.14. The highest BCUT2D eigenvalue weighted by Crippen LogP contribution is 2.26. The van der Waals surface area contributed by atoms with Crippen LogP contribution in [0.3, 0.4) is 0 Å². The van der Waals surface area contributed by atoms with Crippen LogP contribution in [0, 0.1) is 0 Å². The lowest BCUT2D eigenvalue weighted by molar-refractivity contribution is 0.622. The average molecular weight is 189 g/mol. The predicted molar refractivity (Wildman–Crippen MR) is 60.6 cm³/mol. The van der Waals surface area contributed by atoms with E-state index in [0.29, 0.717) is 5.92 Å². The second-order valence-electron chi connectivity index (χ2n) is 4.22. The normalized spacial score (nSPS) is 17.6. The minimum Gasteiger partial charge on any atom is -0.312 e. The summed E-state index contributed by atoms with van der Waals surface area (Å²) in [5.41, 5.74) is 4.67. The Morgan fingerprint density at radius 2 is 2.29 bits per heavy atom. The van der Waals surface area contributed by atoms with Crippen molar-refractivity contribution in [1.82, 2.24) is 5.32 Å². The Morgan fingerprint density at radius 1 is 1.43 bits per heavy atom. The molecule has 1 N–H and O–H groups in total. The second-order valence-corrected chi connectivity index (χ2v) is 4.22. The van der Waals surface area contributed by atoms with Gasteiger partial charge in [-0.1, -0.05) is 32.0 Å². The highest BCUT2D eigenvalue weighted by atomic mass is 14.9. The third-order valence-corrected chi connectivity index (χ3v) is 3.33. The van der Waals surface area contributed by atoms with E-state index in [1.54, 1.807) is 16.7 Å². The van der Waals surface area contributed by atoms with E-state index in [9.17, 15) is 0 Å². The fraction of sp³-hybridized carbons (Fsp3) is 0.538. The highest BCUT2D eigenvalue weighted by molar-refractivity contribution is 5.38. The molecular formula is C13H19N. The fourth-order valence-electron chi connectivity index (χ4n) is 2.22. The van der Waals surface area contributed by atoms with E-state index in [2.05, 4.69) is 37.4 Å². The predicted octanol–water partition coefficient (Wildman–Crippen LogP) is 2.85. The average Bonchev–Trinajstić information content (AvgIpc) is 2.27. The first-order valence-electron chi connectivity index (χ1n) is 5.64. The summed E-state index contributed by atoms with van der Waals surface area (Å²) in [5.74, 6) is 0.699. The van der Waals surface area contributed by atoms with Crippen molar-refractivity contribution >= 4 is 0 Å². The van der Waals surface area contributed by atoms with E-state index in [4.69, 9.17) is 0 Å². The van der Waals surface area contributed by atoms with Crippen LogP contribution in [-0.4, -0.2) is 6.54 Å². The quantitative estimate of drug-likeness (QED) is 0.754. The molecular weight excluding hydrogens is 170 g/mol. The number of hydrogen-bond donors (Lipinski definition) is 1. The van der Waals surface area contributed by atoms with Gasteiger partial charge in [0.1, 0.15) is 0 Å². The molecule has 1 aromatic carbocycles. The Labute approximate surface area is 86.5 Å². The maximum Gasteiger partial charge on any atom is 0.0211 e. The van der Waals surface area contributed by atoms with E-state index in [1.165, 1.54) is 12.8 Å². The summed E-state index contributed by atoms with van der Waals surface area (Å²) in [6.07, 6.45) is 2.43. The van der Waals surface area contributed by atoms with Crippen LogP contribution in [0.5, 0.6) is 0 Å². The van der Waals surface area contributed by atoms with Crippen LogP contribution in [0.1, 0.15) is 42.9 Å². The topological polar surface area (TPSA) is 12.0 Å². The Morgan fingerprint density at radius 3 is 3.07 bits per heavy atom. The van der Waals surface area contributed by atoms with Gasteiger partial charge in [0.15, 0.2) is 0 Å². The van der Waals surface area contributed by atoms with Crippen LogP contribution in [0.2, 0.25) is 0 Å². The summed E-state index contributed by atoms with van der Waals surface area (Å²) in [7, 11) is 0. The zero-order valence-electron chi connectivity index (χ0n) is 9.14. The number of fused-ring (bicyclic) bond motifs is 1. The first-order valence-corrected chi connectivity index (χ1v) is 5.64. The summed E-state index contributed by atoms with van der Waals surface area (Å²) in [6.45, 7) is 6.79. The van der Waals surface area contributed by atoms with Gasteiger partial charge in [-0.25, -0.2) is 0 Å². The monoisotopic (exact) mass is 189 g/mol. The lowest BCUT2D eigenvalue weighted by Gasteiger charge is -2.23. The molecule has 1 aromatic rings. The first-order chi connectivity index (χ1) is 6.83. The van der Waals surface area contributed by atoms with Gasteiger partial charge in [-0.2, -0.15) is 0 Å². The summed E-state index contributed by atoms with van der Waals surface area (Å²) in [6, 6.07) is 6.79. The molecule has 1 aliphatic heterocycles. The molecule has 0 bridgehead atoms. The zero-order chi connectivity index (χ0) is 9.97. The maximum atomic E-state index is 3.46. The van der Waals surface area contributed by atoms with E-state index >= 15 is 0 Å². The fourth-order valence-corrected chi connectivity index (χ4v) is 2.22. The molecule has 1 unspecified atom stereocenters. The lowest BCUT2D eigenvalue weighted by atomic mass is 9.88. The SMILES string of the molecule is CCC(C)c1cccc2c1CNCC2. The van der Waals surface area contributed by atoms with Crippen molar-refractivity contribution in [1.29, 1.82) is 0 Å². The second kappa shape index (κ2) is 4.14. The first kappa shape index (κ1) is 9.72.